The van der Waals surface area contributed by atoms with Gasteiger partial charge in [-0.05, 0) is 40.2 Å². The molecule has 2 aliphatic rings. The van der Waals surface area contributed by atoms with Gasteiger partial charge in [0.2, 0.25) is 5.91 Å². The minimum atomic E-state index is 0.104. The maximum atomic E-state index is 12.1. The third-order valence-electron chi connectivity index (χ3n) is 3.92. The van der Waals surface area contributed by atoms with Gasteiger partial charge in [0.1, 0.15) is 0 Å². The van der Waals surface area contributed by atoms with E-state index in [9.17, 15) is 4.79 Å². The molecule has 1 saturated carbocycles. The predicted molar refractivity (Wildman–Crippen MR) is 68.9 cm³/mol. The SMILES string of the molecule is CC(C)N(C)CCN1CCC(NC2CC2)C1=O. The molecule has 0 spiro atoms. The Morgan fingerprint density at radius 1 is 1.41 bits per heavy atom. The second kappa shape index (κ2) is 5.36. The van der Waals surface area contributed by atoms with Gasteiger partial charge >= 0.3 is 0 Å². The van der Waals surface area contributed by atoms with Gasteiger partial charge in [-0.15, -0.1) is 0 Å². The van der Waals surface area contributed by atoms with Crippen LogP contribution >= 0.6 is 0 Å². The molecule has 0 aromatic carbocycles. The highest BCUT2D eigenvalue weighted by atomic mass is 16.2. The quantitative estimate of drug-likeness (QED) is 0.740. The Morgan fingerprint density at radius 3 is 2.71 bits per heavy atom. The normalized spacial score (nSPS) is 25.4. The van der Waals surface area contributed by atoms with Crippen molar-refractivity contribution in [3.8, 4) is 0 Å². The van der Waals surface area contributed by atoms with Crippen LogP contribution in [0.15, 0.2) is 0 Å². The van der Waals surface area contributed by atoms with Crippen molar-refractivity contribution in [3.05, 3.63) is 0 Å². The fourth-order valence-electron chi connectivity index (χ4n) is 2.19. The summed E-state index contributed by atoms with van der Waals surface area (Å²) in [6.45, 7) is 7.14. The van der Waals surface area contributed by atoms with Gasteiger partial charge in [0, 0.05) is 31.7 Å². The summed E-state index contributed by atoms with van der Waals surface area (Å²) in [6, 6.07) is 1.28. The van der Waals surface area contributed by atoms with E-state index in [0.29, 0.717) is 18.0 Å². The molecule has 4 nitrogen and oxygen atoms in total. The molecule has 1 unspecified atom stereocenters. The van der Waals surface area contributed by atoms with Gasteiger partial charge in [0.05, 0.1) is 6.04 Å². The van der Waals surface area contributed by atoms with Crippen LogP contribution < -0.4 is 5.32 Å². The summed E-state index contributed by atoms with van der Waals surface area (Å²) >= 11 is 0. The van der Waals surface area contributed by atoms with E-state index in [2.05, 4.69) is 31.1 Å². The minimum absolute atomic E-state index is 0.104. The molecule has 4 heteroatoms. The molecule has 1 aliphatic carbocycles. The largest absolute Gasteiger partial charge is 0.340 e. The van der Waals surface area contributed by atoms with E-state index in [1.807, 2.05) is 4.90 Å². The van der Waals surface area contributed by atoms with Gasteiger partial charge in [-0.1, -0.05) is 0 Å². The van der Waals surface area contributed by atoms with Crippen molar-refractivity contribution in [1.82, 2.24) is 15.1 Å². The van der Waals surface area contributed by atoms with Crippen LogP contribution in [0.3, 0.4) is 0 Å². The highest BCUT2D eigenvalue weighted by Crippen LogP contribution is 2.22. The Hall–Kier alpha value is -0.610. The highest BCUT2D eigenvalue weighted by molar-refractivity contribution is 5.84. The summed E-state index contributed by atoms with van der Waals surface area (Å²) in [7, 11) is 2.12. The predicted octanol–water partition coefficient (Wildman–Crippen LogP) is 0.679. The van der Waals surface area contributed by atoms with Crippen LogP contribution in [0, 0.1) is 0 Å². The first kappa shape index (κ1) is 12.8. The molecule has 2 rings (SSSR count). The summed E-state index contributed by atoms with van der Waals surface area (Å²) in [6.07, 6.45) is 3.49. The first-order valence-electron chi connectivity index (χ1n) is 6.83. The van der Waals surface area contributed by atoms with Gasteiger partial charge in [-0.3, -0.25) is 4.79 Å². The molecule has 2 fully saturated rings. The fourth-order valence-corrected chi connectivity index (χ4v) is 2.19. The number of nitrogens with one attached hydrogen (secondary N) is 1. The van der Waals surface area contributed by atoms with E-state index < -0.39 is 0 Å². The van der Waals surface area contributed by atoms with Crippen molar-refractivity contribution in [2.24, 2.45) is 0 Å². The molecule has 1 atom stereocenters. The lowest BCUT2D eigenvalue weighted by atomic mass is 10.2. The maximum Gasteiger partial charge on any atom is 0.239 e. The zero-order valence-electron chi connectivity index (χ0n) is 11.3. The van der Waals surface area contributed by atoms with Crippen molar-refractivity contribution in [1.29, 1.82) is 0 Å². The van der Waals surface area contributed by atoms with Crippen molar-refractivity contribution < 1.29 is 4.79 Å². The lowest BCUT2D eigenvalue weighted by molar-refractivity contribution is -0.129. The Kier molecular flexibility index (Phi) is 4.05. The van der Waals surface area contributed by atoms with E-state index in [1.54, 1.807) is 0 Å². The van der Waals surface area contributed by atoms with Crippen molar-refractivity contribution in [2.45, 2.75) is 51.2 Å². The molecule has 0 radical (unpaired) electrons. The molecule has 1 saturated heterocycles. The lowest BCUT2D eigenvalue weighted by Gasteiger charge is -2.24. The molecule has 1 N–H and O–H groups in total. The van der Waals surface area contributed by atoms with Crippen LogP contribution in [0.25, 0.3) is 0 Å². The average Bonchev–Trinajstić information content (AvgIpc) is 3.03. The zero-order valence-corrected chi connectivity index (χ0v) is 11.3. The number of carbonyl (C=O) groups is 1. The van der Waals surface area contributed by atoms with E-state index in [0.717, 1.165) is 26.1 Å². The van der Waals surface area contributed by atoms with Gasteiger partial charge in [-0.25, -0.2) is 0 Å². The second-order valence-corrected chi connectivity index (χ2v) is 5.68. The number of likely N-dealkylation sites (tertiary alicyclic amines) is 1. The second-order valence-electron chi connectivity index (χ2n) is 5.68. The van der Waals surface area contributed by atoms with Crippen molar-refractivity contribution in [3.63, 3.8) is 0 Å². The first-order chi connectivity index (χ1) is 8.08. The van der Waals surface area contributed by atoms with E-state index in [1.165, 1.54) is 12.8 Å². The number of likely N-dealkylation sites (N-methyl/N-ethyl adjacent to an activating group) is 1. The lowest BCUT2D eigenvalue weighted by Crippen LogP contribution is -2.42. The summed E-state index contributed by atoms with van der Waals surface area (Å²) in [4.78, 5) is 16.4. The van der Waals surface area contributed by atoms with Crippen LogP contribution in [0.2, 0.25) is 0 Å². The topological polar surface area (TPSA) is 35.6 Å². The van der Waals surface area contributed by atoms with E-state index in [4.69, 9.17) is 0 Å². The fraction of sp³-hybridized carbons (Fsp3) is 0.923. The number of nitrogens with zero attached hydrogens (tertiary/aromatic N) is 2. The third-order valence-corrected chi connectivity index (χ3v) is 3.92. The van der Waals surface area contributed by atoms with Gasteiger partial charge < -0.3 is 15.1 Å². The number of amides is 1. The molecular formula is C13H25N3O. The van der Waals surface area contributed by atoms with Crippen molar-refractivity contribution >= 4 is 5.91 Å². The molecule has 0 aromatic heterocycles. The molecule has 1 amide bonds. The van der Waals surface area contributed by atoms with Crippen molar-refractivity contribution in [2.75, 3.05) is 26.7 Å². The molecule has 1 heterocycles. The number of hydrogen-bond acceptors (Lipinski definition) is 3. The number of hydrogen-bond donors (Lipinski definition) is 1. The van der Waals surface area contributed by atoms with E-state index in [-0.39, 0.29) is 6.04 Å². The molecule has 1 aliphatic heterocycles. The summed E-state index contributed by atoms with van der Waals surface area (Å²) in [5, 5.41) is 3.44. The molecule has 0 bridgehead atoms. The van der Waals surface area contributed by atoms with Crippen LogP contribution in [0.4, 0.5) is 0 Å². The van der Waals surface area contributed by atoms with Crippen LogP contribution in [-0.4, -0.2) is 60.5 Å². The Bertz CT molecular complexity index is 276. The summed E-state index contributed by atoms with van der Waals surface area (Å²) in [5.74, 6) is 0.314. The van der Waals surface area contributed by atoms with Crippen LogP contribution in [-0.2, 0) is 4.79 Å². The molecule has 98 valence electrons. The van der Waals surface area contributed by atoms with Gasteiger partial charge in [-0.2, -0.15) is 0 Å². The molecule has 17 heavy (non-hydrogen) atoms. The standard InChI is InChI=1S/C13H25N3O/c1-10(2)15(3)8-9-16-7-6-12(13(16)17)14-11-4-5-11/h10-12,14H,4-9H2,1-3H3. The first-order valence-corrected chi connectivity index (χ1v) is 6.83. The number of rotatable bonds is 6. The molecular weight excluding hydrogens is 214 g/mol. The highest BCUT2D eigenvalue weighted by Gasteiger charge is 2.35. The van der Waals surface area contributed by atoms with Gasteiger partial charge in [0.25, 0.3) is 0 Å². The van der Waals surface area contributed by atoms with Crippen LogP contribution in [0.1, 0.15) is 33.1 Å². The van der Waals surface area contributed by atoms with Gasteiger partial charge in [0.15, 0.2) is 0 Å². The number of carbonyl (C=O) groups excluding carboxylic acids is 1. The zero-order chi connectivity index (χ0) is 12.4. The Labute approximate surface area is 104 Å². The van der Waals surface area contributed by atoms with Crippen LogP contribution in [0.5, 0.6) is 0 Å². The Balaban J connectivity index is 1.73. The maximum absolute atomic E-state index is 12.1. The minimum Gasteiger partial charge on any atom is -0.340 e. The third kappa shape index (κ3) is 3.42. The monoisotopic (exact) mass is 239 g/mol. The summed E-state index contributed by atoms with van der Waals surface area (Å²) < 4.78 is 0. The van der Waals surface area contributed by atoms with E-state index >= 15 is 0 Å². The molecule has 0 aromatic rings. The smallest absolute Gasteiger partial charge is 0.239 e. The average molecular weight is 239 g/mol. The summed E-state index contributed by atoms with van der Waals surface area (Å²) in [5.41, 5.74) is 0. The Morgan fingerprint density at radius 2 is 2.12 bits per heavy atom.